The maximum atomic E-state index is 10.2. The molecule has 3 heteroatoms. The summed E-state index contributed by atoms with van der Waals surface area (Å²) in [5, 5.41) is 21.2. The second-order valence-corrected chi connectivity index (χ2v) is 6.33. The summed E-state index contributed by atoms with van der Waals surface area (Å²) < 4.78 is 2.20. The van der Waals surface area contributed by atoms with E-state index in [0.29, 0.717) is 5.56 Å². The monoisotopic (exact) mass is 329 g/mol. The lowest BCUT2D eigenvalue weighted by Gasteiger charge is -2.10. The van der Waals surface area contributed by atoms with Crippen LogP contribution in [0.25, 0.3) is 33.3 Å². The Bertz CT molecular complexity index is 1050. The van der Waals surface area contributed by atoms with E-state index in [9.17, 15) is 10.2 Å². The number of phenolic OH excluding ortho intramolecular Hbond substituents is 2. The van der Waals surface area contributed by atoms with Gasteiger partial charge in [-0.1, -0.05) is 36.4 Å². The van der Waals surface area contributed by atoms with E-state index in [4.69, 9.17) is 0 Å². The maximum Gasteiger partial charge on any atom is 0.123 e. The van der Waals surface area contributed by atoms with Gasteiger partial charge in [0.25, 0.3) is 0 Å². The molecule has 0 aliphatic rings. The Morgan fingerprint density at radius 2 is 1.56 bits per heavy atom. The predicted octanol–water partition coefficient (Wildman–Crippen LogP) is 5.23. The van der Waals surface area contributed by atoms with Crippen molar-refractivity contribution in [1.82, 2.24) is 4.57 Å². The zero-order chi connectivity index (χ0) is 17.6. The second-order valence-electron chi connectivity index (χ2n) is 6.33. The number of hydrogen-bond donors (Lipinski definition) is 2. The number of aryl methyl sites for hydroxylation is 2. The van der Waals surface area contributed by atoms with Crippen molar-refractivity contribution < 1.29 is 10.2 Å². The number of hydrogen-bond acceptors (Lipinski definition) is 2. The minimum absolute atomic E-state index is 0.138. The number of phenols is 2. The van der Waals surface area contributed by atoms with Gasteiger partial charge in [0.1, 0.15) is 11.5 Å². The molecule has 0 aliphatic heterocycles. The van der Waals surface area contributed by atoms with E-state index in [1.165, 1.54) is 28.6 Å². The largest absolute Gasteiger partial charge is 0.508 e. The lowest BCUT2D eigenvalue weighted by molar-refractivity contribution is 0.462. The first-order chi connectivity index (χ1) is 12.1. The third kappa shape index (κ3) is 2.45. The molecule has 4 aromatic rings. The molecule has 25 heavy (non-hydrogen) atoms. The van der Waals surface area contributed by atoms with Crippen molar-refractivity contribution in [2.24, 2.45) is 7.05 Å². The average molecular weight is 329 g/mol. The van der Waals surface area contributed by atoms with Crippen molar-refractivity contribution in [3.05, 3.63) is 72.3 Å². The van der Waals surface area contributed by atoms with Gasteiger partial charge in [0.15, 0.2) is 0 Å². The molecule has 2 N–H and O–H groups in total. The highest BCUT2D eigenvalue weighted by molar-refractivity contribution is 5.92. The molecule has 124 valence electrons. The highest BCUT2D eigenvalue weighted by atomic mass is 16.3. The SMILES string of the molecule is Cc1c(-c2cccc(-c3cc(O)ccc3O)c2)n(C)c2ccccc12. The molecule has 0 spiro atoms. The fourth-order valence-corrected chi connectivity index (χ4v) is 3.58. The third-order valence-corrected chi connectivity index (χ3v) is 4.79. The first kappa shape index (κ1) is 15.3. The van der Waals surface area contributed by atoms with Gasteiger partial charge in [0, 0.05) is 23.5 Å². The molecule has 0 saturated carbocycles. The quantitative estimate of drug-likeness (QED) is 0.495. The second kappa shape index (κ2) is 5.71. The smallest absolute Gasteiger partial charge is 0.123 e. The maximum absolute atomic E-state index is 10.2. The summed E-state index contributed by atoms with van der Waals surface area (Å²) in [5.74, 6) is 0.294. The fourth-order valence-electron chi connectivity index (χ4n) is 3.58. The van der Waals surface area contributed by atoms with Gasteiger partial charge in [-0.05, 0) is 53.9 Å². The van der Waals surface area contributed by atoms with Crippen molar-refractivity contribution in [2.45, 2.75) is 6.92 Å². The summed E-state index contributed by atoms with van der Waals surface area (Å²) in [6.07, 6.45) is 0. The van der Waals surface area contributed by atoms with E-state index in [1.807, 2.05) is 18.2 Å². The molecule has 0 saturated heterocycles. The number of fused-ring (bicyclic) bond motifs is 1. The van der Waals surface area contributed by atoms with Crippen LogP contribution in [0.2, 0.25) is 0 Å². The van der Waals surface area contributed by atoms with Crippen LogP contribution in [0.5, 0.6) is 11.5 Å². The molecule has 4 rings (SSSR count). The molecular weight excluding hydrogens is 310 g/mol. The Balaban J connectivity index is 1.93. The van der Waals surface area contributed by atoms with Gasteiger partial charge in [0.05, 0.1) is 5.69 Å². The van der Waals surface area contributed by atoms with Crippen molar-refractivity contribution in [1.29, 1.82) is 0 Å². The van der Waals surface area contributed by atoms with Crippen molar-refractivity contribution in [3.63, 3.8) is 0 Å². The van der Waals surface area contributed by atoms with Gasteiger partial charge in [-0.25, -0.2) is 0 Å². The lowest BCUT2D eigenvalue weighted by atomic mass is 9.99. The highest BCUT2D eigenvalue weighted by Gasteiger charge is 2.14. The van der Waals surface area contributed by atoms with E-state index in [1.54, 1.807) is 6.07 Å². The molecule has 0 amide bonds. The summed E-state index contributed by atoms with van der Waals surface area (Å²) in [4.78, 5) is 0. The molecule has 1 aromatic heterocycles. The van der Waals surface area contributed by atoms with E-state index in [-0.39, 0.29) is 11.5 Å². The molecule has 0 radical (unpaired) electrons. The summed E-state index contributed by atoms with van der Waals surface area (Å²) in [5.41, 5.74) is 6.16. The van der Waals surface area contributed by atoms with Crippen LogP contribution >= 0.6 is 0 Å². The predicted molar refractivity (Wildman–Crippen MR) is 102 cm³/mol. The van der Waals surface area contributed by atoms with Crippen LogP contribution in [0.15, 0.2) is 66.7 Å². The number of aromatic nitrogens is 1. The van der Waals surface area contributed by atoms with Crippen LogP contribution in [0.4, 0.5) is 0 Å². The Kier molecular flexibility index (Phi) is 3.50. The molecular formula is C22H19NO2. The Hall–Kier alpha value is -3.20. The summed E-state index contributed by atoms with van der Waals surface area (Å²) in [6, 6.07) is 21.0. The van der Waals surface area contributed by atoms with E-state index >= 15 is 0 Å². The van der Waals surface area contributed by atoms with Crippen LogP contribution in [0, 0.1) is 6.92 Å². The minimum atomic E-state index is 0.138. The van der Waals surface area contributed by atoms with Crippen LogP contribution in [0.1, 0.15) is 5.56 Å². The zero-order valence-electron chi connectivity index (χ0n) is 14.2. The topological polar surface area (TPSA) is 45.4 Å². The van der Waals surface area contributed by atoms with Gasteiger partial charge < -0.3 is 14.8 Å². The normalized spacial score (nSPS) is 11.1. The minimum Gasteiger partial charge on any atom is -0.508 e. The summed E-state index contributed by atoms with van der Waals surface area (Å²) >= 11 is 0. The van der Waals surface area contributed by atoms with Crippen LogP contribution in [0.3, 0.4) is 0 Å². The highest BCUT2D eigenvalue weighted by Crippen LogP contribution is 2.37. The molecule has 3 aromatic carbocycles. The third-order valence-electron chi connectivity index (χ3n) is 4.79. The number of aromatic hydroxyl groups is 2. The van der Waals surface area contributed by atoms with Gasteiger partial charge in [-0.15, -0.1) is 0 Å². The lowest BCUT2D eigenvalue weighted by Crippen LogP contribution is -1.93. The van der Waals surface area contributed by atoms with Crippen LogP contribution in [-0.2, 0) is 7.05 Å². The Morgan fingerprint density at radius 1 is 0.800 bits per heavy atom. The number of benzene rings is 3. The first-order valence-corrected chi connectivity index (χ1v) is 8.23. The number of nitrogens with zero attached hydrogens (tertiary/aromatic N) is 1. The van der Waals surface area contributed by atoms with Gasteiger partial charge >= 0.3 is 0 Å². The fraction of sp³-hybridized carbons (Fsp3) is 0.0909. The molecule has 3 nitrogen and oxygen atoms in total. The van der Waals surface area contributed by atoms with Gasteiger partial charge in [-0.2, -0.15) is 0 Å². The Labute approximate surface area is 146 Å². The molecule has 0 fully saturated rings. The van der Waals surface area contributed by atoms with Gasteiger partial charge in [-0.3, -0.25) is 0 Å². The van der Waals surface area contributed by atoms with E-state index in [2.05, 4.69) is 48.9 Å². The van der Waals surface area contributed by atoms with Crippen molar-refractivity contribution >= 4 is 10.9 Å². The van der Waals surface area contributed by atoms with E-state index in [0.717, 1.165) is 16.8 Å². The number of rotatable bonds is 2. The average Bonchev–Trinajstić information content (AvgIpc) is 2.88. The van der Waals surface area contributed by atoms with Crippen molar-refractivity contribution in [2.75, 3.05) is 0 Å². The standard InChI is InChI=1S/C22H19NO2/c1-14-18-8-3-4-9-20(18)23(2)22(14)16-7-5-6-15(12-16)19-13-17(24)10-11-21(19)25/h3-13,24-25H,1-2H3. The van der Waals surface area contributed by atoms with Crippen LogP contribution in [-0.4, -0.2) is 14.8 Å². The molecule has 0 aliphatic carbocycles. The first-order valence-electron chi connectivity index (χ1n) is 8.23. The number of para-hydroxylation sites is 1. The molecule has 0 bridgehead atoms. The van der Waals surface area contributed by atoms with E-state index < -0.39 is 0 Å². The zero-order valence-corrected chi connectivity index (χ0v) is 14.2. The summed E-state index contributed by atoms with van der Waals surface area (Å²) in [7, 11) is 2.07. The molecule has 1 heterocycles. The summed E-state index contributed by atoms with van der Waals surface area (Å²) in [6.45, 7) is 2.14. The van der Waals surface area contributed by atoms with Gasteiger partial charge in [0.2, 0.25) is 0 Å². The van der Waals surface area contributed by atoms with Crippen molar-refractivity contribution in [3.8, 4) is 33.9 Å². The Morgan fingerprint density at radius 3 is 2.36 bits per heavy atom. The van der Waals surface area contributed by atoms with Crippen LogP contribution < -0.4 is 0 Å². The molecule has 0 unspecified atom stereocenters. The molecule has 0 atom stereocenters.